The maximum absolute atomic E-state index is 13.8. The Bertz CT molecular complexity index is 1040. The zero-order valence-electron chi connectivity index (χ0n) is 17.0. The van der Waals surface area contributed by atoms with Gasteiger partial charge in [0, 0.05) is 42.8 Å². The number of pyridine rings is 1. The first-order valence-electron chi connectivity index (χ1n) is 9.49. The Morgan fingerprint density at radius 3 is 2.67 bits per heavy atom. The minimum absolute atomic E-state index is 0.0808. The summed E-state index contributed by atoms with van der Waals surface area (Å²) in [6.45, 7) is 6.05. The van der Waals surface area contributed by atoms with E-state index in [1.807, 2.05) is 31.3 Å². The molecular weight excluding hydrogens is 424 g/mol. The summed E-state index contributed by atoms with van der Waals surface area (Å²) >= 11 is 12.0. The molecule has 0 unspecified atom stereocenters. The van der Waals surface area contributed by atoms with E-state index in [1.54, 1.807) is 25.4 Å². The zero-order chi connectivity index (χ0) is 21.7. The maximum Gasteiger partial charge on any atom is 0.141 e. The highest BCUT2D eigenvalue weighted by Gasteiger charge is 2.16. The van der Waals surface area contributed by atoms with E-state index in [0.717, 1.165) is 40.1 Å². The molecule has 1 aromatic heterocycles. The normalized spacial score (nSPS) is 11.1. The van der Waals surface area contributed by atoms with Crippen LogP contribution in [0.15, 0.2) is 60.8 Å². The van der Waals surface area contributed by atoms with Crippen LogP contribution in [0.1, 0.15) is 0 Å². The smallest absolute Gasteiger partial charge is 0.141 e. The number of likely N-dealkylation sites (N-methyl/N-ethyl adjacent to an activating group) is 1. The zero-order valence-corrected chi connectivity index (χ0v) is 18.5. The van der Waals surface area contributed by atoms with Crippen molar-refractivity contribution in [1.29, 1.82) is 0 Å². The summed E-state index contributed by atoms with van der Waals surface area (Å²) in [7, 11) is 3.65. The first kappa shape index (κ1) is 22.3. The van der Waals surface area contributed by atoms with Crippen LogP contribution in [0.3, 0.4) is 0 Å². The lowest BCUT2D eigenvalue weighted by Gasteiger charge is -2.29. The minimum atomic E-state index is -0.447. The Labute approximate surface area is 186 Å². The van der Waals surface area contributed by atoms with Crippen molar-refractivity contribution < 1.29 is 9.13 Å². The van der Waals surface area contributed by atoms with Crippen LogP contribution in [-0.4, -0.2) is 49.6 Å². The van der Waals surface area contributed by atoms with E-state index in [0.29, 0.717) is 19.0 Å². The fraction of sp³-hybridized carbons (Fsp3) is 0.261. The fourth-order valence-electron chi connectivity index (χ4n) is 3.29. The van der Waals surface area contributed by atoms with Gasteiger partial charge in [0.15, 0.2) is 0 Å². The van der Waals surface area contributed by atoms with Crippen molar-refractivity contribution in [2.24, 2.45) is 0 Å². The van der Waals surface area contributed by atoms with Crippen LogP contribution in [0.4, 0.5) is 15.8 Å². The monoisotopic (exact) mass is 447 g/mol. The lowest BCUT2D eigenvalue weighted by molar-refractivity contribution is 0.372. The quantitative estimate of drug-likeness (QED) is 0.301. The molecule has 0 atom stereocenters. The summed E-state index contributed by atoms with van der Waals surface area (Å²) in [5, 5.41) is 1.02. The summed E-state index contributed by atoms with van der Waals surface area (Å²) < 4.78 is 19.2. The first-order chi connectivity index (χ1) is 14.4. The number of aromatic nitrogens is 1. The average molecular weight is 448 g/mol. The van der Waals surface area contributed by atoms with Gasteiger partial charge in [-0.25, -0.2) is 4.39 Å². The number of nitrogens with zero attached hydrogens (tertiary/aromatic N) is 3. The largest absolute Gasteiger partial charge is 0.497 e. The number of ether oxygens (including phenoxy) is 1. The number of hydrogen-bond donors (Lipinski definition) is 0. The van der Waals surface area contributed by atoms with Crippen molar-refractivity contribution in [3.8, 4) is 5.75 Å². The van der Waals surface area contributed by atoms with Gasteiger partial charge in [-0.2, -0.15) is 0 Å². The Balaban J connectivity index is 2.02. The molecule has 3 aromatic rings. The van der Waals surface area contributed by atoms with Crippen molar-refractivity contribution in [3.63, 3.8) is 0 Å². The summed E-state index contributed by atoms with van der Waals surface area (Å²) in [5.74, 6) is 0.720. The second-order valence-corrected chi connectivity index (χ2v) is 7.76. The molecule has 158 valence electrons. The molecule has 0 aliphatic heterocycles. The molecule has 4 nitrogen and oxygen atoms in total. The number of alkyl halides is 1. The van der Waals surface area contributed by atoms with E-state index in [4.69, 9.17) is 27.9 Å². The second kappa shape index (κ2) is 10.1. The van der Waals surface area contributed by atoms with Crippen molar-refractivity contribution in [1.82, 2.24) is 9.88 Å². The van der Waals surface area contributed by atoms with Crippen molar-refractivity contribution in [2.45, 2.75) is 0 Å². The third-order valence-electron chi connectivity index (χ3n) is 4.82. The van der Waals surface area contributed by atoms with E-state index in [2.05, 4.69) is 21.4 Å². The van der Waals surface area contributed by atoms with E-state index in [9.17, 15) is 4.39 Å². The highest BCUT2D eigenvalue weighted by molar-refractivity contribution is 6.31. The van der Waals surface area contributed by atoms with Gasteiger partial charge in [-0.3, -0.25) is 4.98 Å². The Hall–Kier alpha value is -2.34. The molecule has 2 aromatic carbocycles. The fourth-order valence-corrected chi connectivity index (χ4v) is 3.55. The molecule has 0 aliphatic carbocycles. The van der Waals surface area contributed by atoms with Gasteiger partial charge in [0.1, 0.15) is 11.6 Å². The minimum Gasteiger partial charge on any atom is -0.497 e. The van der Waals surface area contributed by atoms with Crippen LogP contribution in [0.2, 0.25) is 5.02 Å². The number of methoxy groups -OCH3 is 1. The van der Waals surface area contributed by atoms with Gasteiger partial charge >= 0.3 is 0 Å². The first-order valence-corrected chi connectivity index (χ1v) is 10.4. The molecule has 0 radical (unpaired) electrons. The van der Waals surface area contributed by atoms with Crippen molar-refractivity contribution >= 4 is 45.5 Å². The standard InChI is InChI=1S/C23H24Cl2FN3O/c1-16(14-24)15-28(2)10-11-29(17-4-6-21(26)20(25)12-17)23-8-9-27-22-7-5-18(30-3)13-19(22)23/h4-9,12-13H,1,10-11,14-15H2,2-3H3. The molecular formula is C23H24Cl2FN3O. The van der Waals surface area contributed by atoms with Gasteiger partial charge in [0.05, 0.1) is 23.3 Å². The number of rotatable bonds is 9. The number of hydrogen-bond acceptors (Lipinski definition) is 4. The second-order valence-electron chi connectivity index (χ2n) is 7.08. The van der Waals surface area contributed by atoms with E-state index < -0.39 is 5.82 Å². The molecule has 30 heavy (non-hydrogen) atoms. The van der Waals surface area contributed by atoms with Gasteiger partial charge < -0.3 is 14.5 Å². The van der Waals surface area contributed by atoms with Crippen LogP contribution in [0.5, 0.6) is 5.75 Å². The predicted molar refractivity (Wildman–Crippen MR) is 124 cm³/mol. The van der Waals surface area contributed by atoms with Gasteiger partial charge in [-0.15, -0.1) is 11.6 Å². The maximum atomic E-state index is 13.8. The highest BCUT2D eigenvalue weighted by atomic mass is 35.5. The Morgan fingerprint density at radius 1 is 1.17 bits per heavy atom. The molecule has 0 saturated carbocycles. The van der Waals surface area contributed by atoms with Crippen molar-refractivity contribution in [2.75, 3.05) is 44.6 Å². The van der Waals surface area contributed by atoms with Crippen LogP contribution in [-0.2, 0) is 0 Å². The van der Waals surface area contributed by atoms with E-state index in [1.165, 1.54) is 6.07 Å². The Morgan fingerprint density at radius 2 is 1.97 bits per heavy atom. The topological polar surface area (TPSA) is 28.6 Å². The summed E-state index contributed by atoms with van der Waals surface area (Å²) in [6, 6.07) is 12.4. The Kier molecular flexibility index (Phi) is 7.53. The van der Waals surface area contributed by atoms with Gasteiger partial charge in [-0.05, 0) is 55.1 Å². The molecule has 0 fully saturated rings. The van der Waals surface area contributed by atoms with Crippen molar-refractivity contribution in [3.05, 3.63) is 71.7 Å². The molecule has 1 heterocycles. The molecule has 0 amide bonds. The van der Waals surface area contributed by atoms with E-state index >= 15 is 0 Å². The number of anilines is 2. The van der Waals surface area contributed by atoms with Gasteiger partial charge in [0.25, 0.3) is 0 Å². The summed E-state index contributed by atoms with van der Waals surface area (Å²) in [6.07, 6.45) is 1.77. The third kappa shape index (κ3) is 5.22. The molecule has 0 saturated heterocycles. The lowest BCUT2D eigenvalue weighted by atomic mass is 10.1. The summed E-state index contributed by atoms with van der Waals surface area (Å²) in [4.78, 5) is 8.72. The lowest BCUT2D eigenvalue weighted by Crippen LogP contribution is -2.32. The van der Waals surface area contributed by atoms with Gasteiger partial charge in [-0.1, -0.05) is 18.2 Å². The average Bonchev–Trinajstić information content (AvgIpc) is 2.75. The molecule has 3 rings (SSSR count). The van der Waals surface area contributed by atoms with Crippen LogP contribution >= 0.6 is 23.2 Å². The summed E-state index contributed by atoms with van der Waals surface area (Å²) in [5.41, 5.74) is 3.53. The van der Waals surface area contributed by atoms with E-state index in [-0.39, 0.29) is 5.02 Å². The third-order valence-corrected chi connectivity index (χ3v) is 5.49. The molecule has 0 N–H and O–H groups in total. The molecule has 0 aliphatic rings. The number of halogens is 3. The SMILES string of the molecule is C=C(CCl)CN(C)CCN(c1ccc(F)c(Cl)c1)c1ccnc2ccc(OC)cc12. The van der Waals surface area contributed by atoms with Gasteiger partial charge in [0.2, 0.25) is 0 Å². The molecule has 7 heteroatoms. The molecule has 0 spiro atoms. The number of benzene rings is 2. The molecule has 0 bridgehead atoms. The number of fused-ring (bicyclic) bond motifs is 1. The van der Waals surface area contributed by atoms with Crippen LogP contribution in [0, 0.1) is 5.82 Å². The van der Waals surface area contributed by atoms with Crippen LogP contribution in [0.25, 0.3) is 10.9 Å². The van der Waals surface area contributed by atoms with Crippen LogP contribution < -0.4 is 9.64 Å². The predicted octanol–water partition coefficient (Wildman–Crippen LogP) is 5.90. The highest BCUT2D eigenvalue weighted by Crippen LogP contribution is 2.34.